The van der Waals surface area contributed by atoms with Crippen LogP contribution < -0.4 is 0 Å². The molecule has 0 aromatic rings. The molecule has 0 aromatic heterocycles. The van der Waals surface area contributed by atoms with Gasteiger partial charge in [0, 0.05) is 13.1 Å². The maximum Gasteiger partial charge on any atom is 0.463 e. The highest BCUT2D eigenvalue weighted by Crippen LogP contribution is 2.40. The highest BCUT2D eigenvalue weighted by atomic mass is 19.4. The third kappa shape index (κ3) is 2.71. The van der Waals surface area contributed by atoms with Gasteiger partial charge >= 0.3 is 24.0 Å². The molecule has 4 nitrogen and oxygen atoms in total. The van der Waals surface area contributed by atoms with Crippen LogP contribution in [0.25, 0.3) is 0 Å². The molecule has 1 aliphatic rings. The number of amides is 1. The van der Waals surface area contributed by atoms with E-state index >= 15 is 0 Å². The summed E-state index contributed by atoms with van der Waals surface area (Å²) in [6.07, 6.45) is -5.73. The molecule has 116 valence electrons. The molecule has 1 amide bonds. The summed E-state index contributed by atoms with van der Waals surface area (Å²) in [5.41, 5.74) is -1.46. The predicted octanol–water partition coefficient (Wildman–Crippen LogP) is 2.29. The summed E-state index contributed by atoms with van der Waals surface area (Å²) in [6, 6.07) is 0. The molecule has 1 aliphatic heterocycles. The first kappa shape index (κ1) is 16.6. The first-order valence-corrected chi connectivity index (χ1v) is 5.95. The number of carboxylic acids is 1. The van der Waals surface area contributed by atoms with Crippen LogP contribution in [-0.4, -0.2) is 47.1 Å². The maximum atomic E-state index is 13.0. The van der Waals surface area contributed by atoms with Gasteiger partial charge in [-0.05, 0) is 19.3 Å². The van der Waals surface area contributed by atoms with Crippen molar-refractivity contribution in [2.45, 2.75) is 38.3 Å². The minimum Gasteiger partial charge on any atom is -0.481 e. The average Bonchev–Trinajstić information content (AvgIpc) is 2.36. The molecule has 1 unspecified atom stereocenters. The molecule has 1 saturated heterocycles. The molecule has 0 bridgehead atoms. The number of alkyl halides is 5. The van der Waals surface area contributed by atoms with E-state index in [1.54, 1.807) is 0 Å². The van der Waals surface area contributed by atoms with Crippen LogP contribution >= 0.6 is 0 Å². The highest BCUT2D eigenvalue weighted by molar-refractivity contribution is 5.85. The molecular formula is C11H14F5NO3. The highest BCUT2D eigenvalue weighted by Gasteiger charge is 2.65. The van der Waals surface area contributed by atoms with Crippen molar-refractivity contribution in [3.8, 4) is 0 Å². The molecule has 0 aromatic carbocycles. The number of likely N-dealkylation sites (tertiary alicyclic amines) is 1. The van der Waals surface area contributed by atoms with Crippen LogP contribution in [0.5, 0.6) is 0 Å². The van der Waals surface area contributed by atoms with Gasteiger partial charge in [0.1, 0.15) is 0 Å². The van der Waals surface area contributed by atoms with Gasteiger partial charge in [0.2, 0.25) is 0 Å². The lowest BCUT2D eigenvalue weighted by molar-refractivity contribution is -0.275. The van der Waals surface area contributed by atoms with Crippen LogP contribution in [0.4, 0.5) is 22.0 Å². The Labute approximate surface area is 111 Å². The van der Waals surface area contributed by atoms with Crippen molar-refractivity contribution in [3.63, 3.8) is 0 Å². The first-order valence-electron chi connectivity index (χ1n) is 5.95. The van der Waals surface area contributed by atoms with Crippen molar-refractivity contribution in [1.29, 1.82) is 0 Å². The number of aliphatic carboxylic acids is 1. The number of halogens is 5. The van der Waals surface area contributed by atoms with Gasteiger partial charge in [-0.3, -0.25) is 9.59 Å². The Balaban J connectivity index is 2.98. The molecular weight excluding hydrogens is 289 g/mol. The molecule has 1 N–H and O–H groups in total. The summed E-state index contributed by atoms with van der Waals surface area (Å²) < 4.78 is 62.5. The van der Waals surface area contributed by atoms with Crippen molar-refractivity contribution in [3.05, 3.63) is 0 Å². The number of carbonyl (C=O) groups is 2. The third-order valence-electron chi connectivity index (χ3n) is 3.62. The number of piperidine rings is 1. The summed E-state index contributed by atoms with van der Waals surface area (Å²) in [5.74, 6) is -9.18. The van der Waals surface area contributed by atoms with Crippen LogP contribution in [0.2, 0.25) is 0 Å². The Morgan fingerprint density at radius 1 is 1.25 bits per heavy atom. The molecule has 0 aliphatic carbocycles. The van der Waals surface area contributed by atoms with E-state index in [1.165, 1.54) is 6.92 Å². The van der Waals surface area contributed by atoms with Gasteiger partial charge in [0.05, 0.1) is 5.41 Å². The van der Waals surface area contributed by atoms with Gasteiger partial charge in [-0.25, -0.2) is 0 Å². The van der Waals surface area contributed by atoms with Crippen LogP contribution in [0.15, 0.2) is 0 Å². The molecule has 9 heteroatoms. The zero-order valence-electron chi connectivity index (χ0n) is 10.6. The third-order valence-corrected chi connectivity index (χ3v) is 3.62. The summed E-state index contributed by atoms with van der Waals surface area (Å²) in [7, 11) is 0. The topological polar surface area (TPSA) is 57.6 Å². The van der Waals surface area contributed by atoms with E-state index in [2.05, 4.69) is 0 Å². The summed E-state index contributed by atoms with van der Waals surface area (Å²) in [6.45, 7) is 0.548. The van der Waals surface area contributed by atoms with Gasteiger partial charge in [0.25, 0.3) is 0 Å². The molecule has 0 spiro atoms. The molecule has 1 atom stereocenters. The maximum absolute atomic E-state index is 13.0. The molecule has 20 heavy (non-hydrogen) atoms. The number of rotatable bonds is 3. The largest absolute Gasteiger partial charge is 0.481 e. The summed E-state index contributed by atoms with van der Waals surface area (Å²) >= 11 is 0. The summed E-state index contributed by atoms with van der Waals surface area (Å²) in [5, 5.41) is 9.10. The van der Waals surface area contributed by atoms with E-state index in [-0.39, 0.29) is 25.8 Å². The number of carboxylic acid groups (broad SMARTS) is 1. The fraction of sp³-hybridized carbons (Fsp3) is 0.818. The number of carbonyl (C=O) groups excluding carboxylic acids is 1. The molecule has 1 fully saturated rings. The van der Waals surface area contributed by atoms with E-state index in [9.17, 15) is 31.5 Å². The lowest BCUT2D eigenvalue weighted by atomic mass is 9.77. The Morgan fingerprint density at radius 3 is 2.20 bits per heavy atom. The Kier molecular flexibility index (Phi) is 4.31. The SMILES string of the molecule is CCC1(C(=O)O)CCCN(C(=O)C(F)(F)C(F)(F)F)C1. The van der Waals surface area contributed by atoms with E-state index in [0.717, 1.165) is 0 Å². The lowest BCUT2D eigenvalue weighted by Crippen LogP contribution is -2.57. The Bertz CT molecular complexity index is 409. The fourth-order valence-electron chi connectivity index (χ4n) is 2.24. The van der Waals surface area contributed by atoms with E-state index < -0.39 is 35.9 Å². The van der Waals surface area contributed by atoms with Gasteiger partial charge in [0.15, 0.2) is 0 Å². The Morgan fingerprint density at radius 2 is 1.80 bits per heavy atom. The normalized spacial score (nSPS) is 24.6. The fourth-order valence-corrected chi connectivity index (χ4v) is 2.24. The minimum atomic E-state index is -5.99. The zero-order chi connectivity index (χ0) is 15.8. The summed E-state index contributed by atoms with van der Waals surface area (Å²) in [4.78, 5) is 22.8. The predicted molar refractivity (Wildman–Crippen MR) is 57.2 cm³/mol. The van der Waals surface area contributed by atoms with Gasteiger partial charge in [-0.15, -0.1) is 0 Å². The van der Waals surface area contributed by atoms with Gasteiger partial charge in [-0.2, -0.15) is 22.0 Å². The zero-order valence-corrected chi connectivity index (χ0v) is 10.6. The number of hydrogen-bond acceptors (Lipinski definition) is 2. The second-order valence-corrected chi connectivity index (χ2v) is 4.84. The van der Waals surface area contributed by atoms with Crippen molar-refractivity contribution in [1.82, 2.24) is 4.90 Å². The first-order chi connectivity index (χ1) is 8.98. The number of nitrogens with zero attached hydrogens (tertiary/aromatic N) is 1. The number of hydrogen-bond donors (Lipinski definition) is 1. The molecule has 1 rings (SSSR count). The quantitative estimate of drug-likeness (QED) is 0.814. The minimum absolute atomic E-state index is 0.0453. The van der Waals surface area contributed by atoms with Crippen LogP contribution in [0.3, 0.4) is 0 Å². The monoisotopic (exact) mass is 303 g/mol. The van der Waals surface area contributed by atoms with Crippen LogP contribution in [0, 0.1) is 5.41 Å². The molecule has 0 saturated carbocycles. The lowest BCUT2D eigenvalue weighted by Gasteiger charge is -2.40. The van der Waals surface area contributed by atoms with Crippen molar-refractivity contribution >= 4 is 11.9 Å². The van der Waals surface area contributed by atoms with Gasteiger partial charge < -0.3 is 10.0 Å². The van der Waals surface area contributed by atoms with Crippen molar-refractivity contribution < 1.29 is 36.6 Å². The second-order valence-electron chi connectivity index (χ2n) is 4.84. The second kappa shape index (κ2) is 5.17. The van der Waals surface area contributed by atoms with Gasteiger partial charge in [-0.1, -0.05) is 6.92 Å². The Hall–Kier alpha value is -1.41. The van der Waals surface area contributed by atoms with Crippen molar-refractivity contribution in [2.75, 3.05) is 13.1 Å². The average molecular weight is 303 g/mol. The molecule has 1 heterocycles. The van der Waals surface area contributed by atoms with Crippen LogP contribution in [-0.2, 0) is 9.59 Å². The van der Waals surface area contributed by atoms with E-state index in [4.69, 9.17) is 5.11 Å². The smallest absolute Gasteiger partial charge is 0.463 e. The van der Waals surface area contributed by atoms with E-state index in [0.29, 0.717) is 4.90 Å². The van der Waals surface area contributed by atoms with Crippen molar-refractivity contribution in [2.24, 2.45) is 5.41 Å². The molecule has 0 radical (unpaired) electrons. The van der Waals surface area contributed by atoms with Crippen LogP contribution in [0.1, 0.15) is 26.2 Å². The van der Waals surface area contributed by atoms with E-state index in [1.807, 2.05) is 0 Å². The standard InChI is InChI=1S/C11H14F5NO3/c1-2-9(8(19)20)4-3-5-17(6-9)7(18)10(12,13)11(14,15)16/h2-6H2,1H3,(H,19,20).